The van der Waals surface area contributed by atoms with Crippen molar-refractivity contribution in [1.82, 2.24) is 0 Å². The second kappa shape index (κ2) is 5.45. The van der Waals surface area contributed by atoms with Crippen molar-refractivity contribution in [2.75, 3.05) is 13.2 Å². The first-order chi connectivity index (χ1) is 7.42. The maximum absolute atomic E-state index is 11.7. The highest BCUT2D eigenvalue weighted by Crippen LogP contribution is 2.18. The molecule has 0 saturated heterocycles. The van der Waals surface area contributed by atoms with Gasteiger partial charge in [0, 0.05) is 4.88 Å². The second-order valence-corrected chi connectivity index (χ2v) is 4.32. The third kappa shape index (κ3) is 4.32. The lowest BCUT2D eigenvalue weighted by Crippen LogP contribution is -2.20. The zero-order chi connectivity index (χ0) is 12.2. The van der Waals surface area contributed by atoms with Crippen LogP contribution in [0, 0.1) is 0 Å². The third-order valence-corrected chi connectivity index (χ3v) is 3.05. The molecule has 0 atom stereocenters. The van der Waals surface area contributed by atoms with Crippen molar-refractivity contribution in [1.29, 1.82) is 0 Å². The lowest BCUT2D eigenvalue weighted by Gasteiger charge is -2.05. The Morgan fingerprint density at radius 1 is 1.44 bits per heavy atom. The number of alkyl halides is 3. The Labute approximate surface area is 95.0 Å². The molecule has 90 valence electrons. The fourth-order valence-electron chi connectivity index (χ4n) is 1.05. The Balaban J connectivity index is 2.41. The van der Waals surface area contributed by atoms with Crippen molar-refractivity contribution >= 4 is 17.1 Å². The van der Waals surface area contributed by atoms with Crippen LogP contribution in [0.2, 0.25) is 0 Å². The molecule has 0 aliphatic carbocycles. The van der Waals surface area contributed by atoms with Crippen LogP contribution in [0.4, 0.5) is 13.2 Å². The second-order valence-electron chi connectivity index (χ2n) is 3.15. The summed E-state index contributed by atoms with van der Waals surface area (Å²) in [5.74, 6) is -0.408. The first kappa shape index (κ1) is 13.2. The van der Waals surface area contributed by atoms with Gasteiger partial charge in [-0.3, -0.25) is 4.79 Å². The molecule has 1 rings (SSSR count). The Morgan fingerprint density at radius 3 is 2.62 bits per heavy atom. The summed E-state index contributed by atoms with van der Waals surface area (Å²) in [4.78, 5) is 12.8. The molecule has 0 aliphatic rings. The summed E-state index contributed by atoms with van der Waals surface area (Å²) in [6.07, 6.45) is -3.58. The number of carbonyl (C=O) groups is 1. The van der Waals surface area contributed by atoms with Gasteiger partial charge in [0.2, 0.25) is 0 Å². The van der Waals surface area contributed by atoms with Crippen molar-refractivity contribution in [3.8, 4) is 0 Å². The number of hydrogen-bond acceptors (Lipinski definition) is 3. The molecule has 0 N–H and O–H groups in total. The summed E-state index contributed by atoms with van der Waals surface area (Å²) >= 11 is 1.29. The van der Waals surface area contributed by atoms with Crippen molar-refractivity contribution in [2.24, 2.45) is 0 Å². The summed E-state index contributed by atoms with van der Waals surface area (Å²) in [5, 5.41) is 0. The topological polar surface area (TPSA) is 26.3 Å². The predicted molar refractivity (Wildman–Crippen MR) is 54.9 cm³/mol. The van der Waals surface area contributed by atoms with Crippen molar-refractivity contribution in [3.05, 3.63) is 21.9 Å². The van der Waals surface area contributed by atoms with Crippen LogP contribution in [0.25, 0.3) is 0 Å². The molecular weight excluding hydrogens is 241 g/mol. The van der Waals surface area contributed by atoms with Gasteiger partial charge in [-0.2, -0.15) is 13.2 Å². The molecule has 0 radical (unpaired) electrons. The largest absolute Gasteiger partial charge is 0.411 e. The van der Waals surface area contributed by atoms with E-state index >= 15 is 0 Å². The molecule has 0 aliphatic heterocycles. The maximum atomic E-state index is 11.7. The van der Waals surface area contributed by atoms with Gasteiger partial charge in [0.1, 0.15) is 13.2 Å². The van der Waals surface area contributed by atoms with Crippen LogP contribution in [0.3, 0.4) is 0 Å². The normalized spacial score (nSPS) is 11.8. The van der Waals surface area contributed by atoms with Crippen LogP contribution in [0.5, 0.6) is 0 Å². The molecule has 1 aromatic heterocycles. The number of hydrogen-bond donors (Lipinski definition) is 0. The molecule has 0 spiro atoms. The zero-order valence-corrected chi connectivity index (χ0v) is 9.45. The lowest BCUT2D eigenvalue weighted by molar-refractivity contribution is -0.170. The molecule has 2 nitrogen and oxygen atoms in total. The van der Waals surface area contributed by atoms with Gasteiger partial charge in [-0.15, -0.1) is 11.3 Å². The number of thiophene rings is 1. The fourth-order valence-corrected chi connectivity index (χ4v) is 1.92. The van der Waals surface area contributed by atoms with Gasteiger partial charge in [-0.25, -0.2) is 0 Å². The molecule has 0 unspecified atom stereocenters. The van der Waals surface area contributed by atoms with Crippen molar-refractivity contribution in [2.45, 2.75) is 19.5 Å². The van der Waals surface area contributed by atoms with Gasteiger partial charge < -0.3 is 4.74 Å². The van der Waals surface area contributed by atoms with E-state index in [0.717, 1.165) is 11.3 Å². The van der Waals surface area contributed by atoms with Crippen molar-refractivity contribution in [3.63, 3.8) is 0 Å². The molecule has 0 saturated carbocycles. The van der Waals surface area contributed by atoms with Crippen LogP contribution in [0.15, 0.2) is 12.1 Å². The highest BCUT2D eigenvalue weighted by atomic mass is 32.1. The van der Waals surface area contributed by atoms with Gasteiger partial charge >= 0.3 is 6.18 Å². The first-order valence-corrected chi connectivity index (χ1v) is 5.50. The van der Waals surface area contributed by atoms with E-state index in [0.29, 0.717) is 4.88 Å². The highest BCUT2D eigenvalue weighted by molar-refractivity contribution is 7.14. The number of carbonyl (C=O) groups excluding carboxylic acids is 1. The summed E-state index contributed by atoms with van der Waals surface area (Å²) in [6, 6.07) is 3.41. The summed E-state index contributed by atoms with van der Waals surface area (Å²) in [6.45, 7) is 0.0359. The van der Waals surface area contributed by atoms with Crippen LogP contribution >= 0.6 is 11.3 Å². The third-order valence-electron chi connectivity index (χ3n) is 1.78. The number of ether oxygens (including phenoxy) is 1. The van der Waals surface area contributed by atoms with Gasteiger partial charge in [0.25, 0.3) is 0 Å². The molecular formula is C10H11F3O2S. The minimum absolute atomic E-state index is 0.408. The summed E-state index contributed by atoms with van der Waals surface area (Å²) < 4.78 is 39.5. The first-order valence-electron chi connectivity index (χ1n) is 4.69. The Bertz CT molecular complexity index is 357. The predicted octanol–water partition coefficient (Wildman–Crippen LogP) is 3.07. The van der Waals surface area contributed by atoms with Gasteiger partial charge in [0.05, 0.1) is 4.88 Å². The molecule has 6 heteroatoms. The van der Waals surface area contributed by atoms with E-state index < -0.39 is 25.2 Å². The Kier molecular flexibility index (Phi) is 4.49. The SMILES string of the molecule is CCc1ccc(C(=O)COCC(F)(F)F)s1. The van der Waals surface area contributed by atoms with E-state index in [2.05, 4.69) is 4.74 Å². The highest BCUT2D eigenvalue weighted by Gasteiger charge is 2.27. The Hall–Kier alpha value is -0.880. The molecule has 0 amide bonds. The van der Waals surface area contributed by atoms with Crippen molar-refractivity contribution < 1.29 is 22.7 Å². The maximum Gasteiger partial charge on any atom is 0.411 e. The average molecular weight is 252 g/mol. The van der Waals surface area contributed by atoms with E-state index in [1.165, 1.54) is 11.3 Å². The smallest absolute Gasteiger partial charge is 0.364 e. The van der Waals surface area contributed by atoms with E-state index in [4.69, 9.17) is 0 Å². The minimum atomic E-state index is -4.38. The fraction of sp³-hybridized carbons (Fsp3) is 0.500. The number of rotatable bonds is 5. The monoisotopic (exact) mass is 252 g/mol. The van der Waals surface area contributed by atoms with E-state index in [1.807, 2.05) is 6.92 Å². The minimum Gasteiger partial charge on any atom is -0.364 e. The van der Waals surface area contributed by atoms with Crippen LogP contribution in [-0.4, -0.2) is 25.2 Å². The van der Waals surface area contributed by atoms with Gasteiger partial charge in [-0.1, -0.05) is 6.92 Å². The molecule has 1 heterocycles. The lowest BCUT2D eigenvalue weighted by atomic mass is 10.3. The van der Waals surface area contributed by atoms with Crippen LogP contribution < -0.4 is 0 Å². The molecule has 1 aromatic rings. The van der Waals surface area contributed by atoms with Gasteiger partial charge in [0.15, 0.2) is 5.78 Å². The number of aryl methyl sites for hydroxylation is 1. The van der Waals surface area contributed by atoms with Crippen LogP contribution in [0.1, 0.15) is 21.5 Å². The van der Waals surface area contributed by atoms with E-state index in [-0.39, 0.29) is 0 Å². The average Bonchev–Trinajstić information content (AvgIpc) is 2.63. The molecule has 0 fully saturated rings. The summed E-state index contributed by atoms with van der Waals surface area (Å²) in [7, 11) is 0. The van der Waals surface area contributed by atoms with Gasteiger partial charge in [-0.05, 0) is 18.6 Å². The number of Topliss-reactive ketones (excluding diaryl/α,β-unsaturated/α-hetero) is 1. The molecule has 0 aromatic carbocycles. The standard InChI is InChI=1S/C10H11F3O2S/c1-2-7-3-4-9(16-7)8(14)5-15-6-10(11,12)13/h3-4H,2,5-6H2,1H3. The van der Waals surface area contributed by atoms with E-state index in [1.54, 1.807) is 12.1 Å². The number of ketones is 1. The zero-order valence-electron chi connectivity index (χ0n) is 8.63. The summed E-state index contributed by atoms with van der Waals surface area (Å²) in [5.41, 5.74) is 0. The number of halogens is 3. The quantitative estimate of drug-likeness (QED) is 0.753. The molecule has 0 bridgehead atoms. The molecule has 16 heavy (non-hydrogen) atoms. The van der Waals surface area contributed by atoms with Crippen LogP contribution in [-0.2, 0) is 11.2 Å². The Morgan fingerprint density at radius 2 is 2.12 bits per heavy atom. The van der Waals surface area contributed by atoms with E-state index in [9.17, 15) is 18.0 Å².